The molecule has 0 spiro atoms. The van der Waals surface area contributed by atoms with Gasteiger partial charge in [-0.2, -0.15) is 9.97 Å². The minimum atomic E-state index is -3.65. The zero-order valence-electron chi connectivity index (χ0n) is 15.1. The number of benzene rings is 2. The van der Waals surface area contributed by atoms with Gasteiger partial charge < -0.3 is 9.47 Å². The van der Waals surface area contributed by atoms with E-state index in [1.54, 1.807) is 54.6 Å². The van der Waals surface area contributed by atoms with Crippen LogP contribution in [0, 0.1) is 6.92 Å². The summed E-state index contributed by atoms with van der Waals surface area (Å²) in [6.07, 6.45) is 0. The minimum absolute atomic E-state index is 0.207. The maximum absolute atomic E-state index is 12.5. The summed E-state index contributed by atoms with van der Waals surface area (Å²) in [7, 11) is -0.633. The van der Waals surface area contributed by atoms with Gasteiger partial charge in [0.05, 0.1) is 25.2 Å². The van der Waals surface area contributed by atoms with E-state index >= 15 is 0 Å². The van der Waals surface area contributed by atoms with Crippen molar-refractivity contribution in [3.8, 4) is 23.1 Å². The molecule has 0 saturated heterocycles. The van der Waals surface area contributed by atoms with Crippen LogP contribution in [0.2, 0.25) is 0 Å². The average molecular weight is 385 g/mol. The quantitative estimate of drug-likeness (QED) is 0.700. The number of nitrogens with zero attached hydrogens (tertiary/aromatic N) is 2. The lowest BCUT2D eigenvalue weighted by molar-refractivity contribution is 0.372. The van der Waals surface area contributed by atoms with Crippen molar-refractivity contribution in [2.24, 2.45) is 0 Å². The van der Waals surface area contributed by atoms with Crippen molar-refractivity contribution in [3.63, 3.8) is 0 Å². The summed E-state index contributed by atoms with van der Waals surface area (Å²) in [4.78, 5) is 8.76. The van der Waals surface area contributed by atoms with E-state index in [4.69, 9.17) is 9.47 Å². The second-order valence-corrected chi connectivity index (χ2v) is 7.45. The van der Waals surface area contributed by atoms with Gasteiger partial charge in [0.25, 0.3) is 10.0 Å². The molecule has 0 atom stereocenters. The smallest absolute Gasteiger partial charge is 0.261 e. The Hall–Kier alpha value is -3.13. The molecule has 1 heterocycles. The van der Waals surface area contributed by atoms with Gasteiger partial charge in [0, 0.05) is 11.3 Å². The fraction of sp³-hybridized carbons (Fsp3) is 0.158. The molecule has 2 aromatic carbocycles. The molecule has 3 rings (SSSR count). The molecule has 0 aliphatic rings. The van der Waals surface area contributed by atoms with Crippen LogP contribution in [-0.4, -0.2) is 32.6 Å². The van der Waals surface area contributed by atoms with E-state index in [2.05, 4.69) is 14.7 Å². The van der Waals surface area contributed by atoms with Gasteiger partial charge in [-0.1, -0.05) is 17.7 Å². The van der Waals surface area contributed by atoms with Crippen LogP contribution < -0.4 is 14.2 Å². The Labute approximate surface area is 158 Å². The Morgan fingerprint density at radius 2 is 1.41 bits per heavy atom. The van der Waals surface area contributed by atoms with Crippen LogP contribution in [0.3, 0.4) is 0 Å². The molecule has 0 aliphatic heterocycles. The van der Waals surface area contributed by atoms with E-state index < -0.39 is 10.0 Å². The summed E-state index contributed by atoms with van der Waals surface area (Å²) in [6.45, 7) is 1.90. The Kier molecular flexibility index (Phi) is 5.27. The first-order valence-electron chi connectivity index (χ1n) is 8.08. The number of nitrogens with one attached hydrogen (secondary N) is 1. The van der Waals surface area contributed by atoms with E-state index in [1.807, 2.05) is 6.92 Å². The van der Waals surface area contributed by atoms with Crippen LogP contribution in [-0.2, 0) is 10.0 Å². The van der Waals surface area contributed by atoms with Crippen LogP contribution in [0.4, 0.5) is 5.69 Å². The lowest BCUT2D eigenvalue weighted by Gasteiger charge is -2.10. The van der Waals surface area contributed by atoms with Gasteiger partial charge in [-0.05, 0) is 43.3 Å². The Morgan fingerprint density at radius 3 is 1.93 bits per heavy atom. The molecule has 0 radical (unpaired) electrons. The number of aromatic nitrogens is 2. The zero-order chi connectivity index (χ0) is 19.4. The van der Waals surface area contributed by atoms with Crippen molar-refractivity contribution in [1.29, 1.82) is 0 Å². The zero-order valence-corrected chi connectivity index (χ0v) is 15.9. The molecule has 0 amide bonds. The second kappa shape index (κ2) is 7.63. The van der Waals surface area contributed by atoms with E-state index in [-0.39, 0.29) is 4.90 Å². The van der Waals surface area contributed by atoms with Gasteiger partial charge in [0.1, 0.15) is 0 Å². The first kappa shape index (κ1) is 18.7. The summed E-state index contributed by atoms with van der Waals surface area (Å²) >= 11 is 0. The molecular weight excluding hydrogens is 366 g/mol. The number of hydrogen-bond acceptors (Lipinski definition) is 6. The Bertz CT molecular complexity index is 1010. The Balaban J connectivity index is 1.84. The summed E-state index contributed by atoms with van der Waals surface area (Å²) < 4.78 is 37.8. The molecule has 0 fully saturated rings. The average Bonchev–Trinajstić information content (AvgIpc) is 2.68. The van der Waals surface area contributed by atoms with E-state index in [1.165, 1.54) is 14.2 Å². The number of anilines is 1. The highest BCUT2D eigenvalue weighted by Crippen LogP contribution is 2.24. The van der Waals surface area contributed by atoms with Crippen molar-refractivity contribution >= 4 is 15.7 Å². The summed E-state index contributed by atoms with van der Waals surface area (Å²) in [5.41, 5.74) is 2.13. The number of sulfonamides is 1. The highest BCUT2D eigenvalue weighted by Gasteiger charge is 2.14. The lowest BCUT2D eigenvalue weighted by atomic mass is 10.2. The SMILES string of the molecule is COc1cc(OC)nc(-c2ccc(NS(=O)(=O)c3ccc(C)cc3)cc2)n1. The van der Waals surface area contributed by atoms with Crippen LogP contribution >= 0.6 is 0 Å². The largest absolute Gasteiger partial charge is 0.481 e. The fourth-order valence-corrected chi connectivity index (χ4v) is 3.42. The van der Waals surface area contributed by atoms with Crippen molar-refractivity contribution in [3.05, 3.63) is 60.2 Å². The fourth-order valence-electron chi connectivity index (χ4n) is 2.36. The van der Waals surface area contributed by atoms with Crippen LogP contribution in [0.5, 0.6) is 11.8 Å². The van der Waals surface area contributed by atoms with Crippen molar-refractivity contribution in [2.75, 3.05) is 18.9 Å². The molecule has 27 heavy (non-hydrogen) atoms. The van der Waals surface area contributed by atoms with Crippen molar-refractivity contribution in [1.82, 2.24) is 9.97 Å². The third-order valence-corrected chi connectivity index (χ3v) is 5.22. The number of hydrogen-bond donors (Lipinski definition) is 1. The van der Waals surface area contributed by atoms with Crippen LogP contribution in [0.1, 0.15) is 5.56 Å². The van der Waals surface area contributed by atoms with Gasteiger partial charge >= 0.3 is 0 Å². The molecule has 140 valence electrons. The minimum Gasteiger partial charge on any atom is -0.481 e. The molecular formula is C19H19N3O4S. The van der Waals surface area contributed by atoms with Crippen LogP contribution in [0.15, 0.2) is 59.5 Å². The Morgan fingerprint density at radius 1 is 0.852 bits per heavy atom. The summed E-state index contributed by atoms with van der Waals surface area (Å²) in [6, 6.07) is 15.0. The normalized spacial score (nSPS) is 11.1. The maximum atomic E-state index is 12.5. The van der Waals surface area contributed by atoms with Crippen molar-refractivity contribution in [2.45, 2.75) is 11.8 Å². The third kappa shape index (κ3) is 4.35. The van der Waals surface area contributed by atoms with Gasteiger partial charge in [-0.15, -0.1) is 0 Å². The van der Waals surface area contributed by atoms with Gasteiger partial charge in [-0.3, -0.25) is 4.72 Å². The molecule has 7 nitrogen and oxygen atoms in total. The first-order valence-corrected chi connectivity index (χ1v) is 9.56. The van der Waals surface area contributed by atoms with E-state index in [9.17, 15) is 8.42 Å². The molecule has 1 aromatic heterocycles. The van der Waals surface area contributed by atoms with E-state index in [0.717, 1.165) is 5.56 Å². The summed E-state index contributed by atoms with van der Waals surface area (Å²) in [5.74, 6) is 1.17. The number of rotatable bonds is 6. The molecule has 3 aromatic rings. The second-order valence-electron chi connectivity index (χ2n) is 5.77. The maximum Gasteiger partial charge on any atom is 0.261 e. The standard InChI is InChI=1S/C19H19N3O4S/c1-13-4-10-16(11-5-13)27(23,24)22-15-8-6-14(7-9-15)19-20-17(25-2)12-18(21-19)26-3/h4-12,22H,1-3H3. The molecule has 0 aliphatic carbocycles. The lowest BCUT2D eigenvalue weighted by Crippen LogP contribution is -2.12. The number of methoxy groups -OCH3 is 2. The first-order chi connectivity index (χ1) is 12.9. The predicted octanol–water partition coefficient (Wildman–Crippen LogP) is 3.27. The molecule has 0 unspecified atom stereocenters. The summed E-state index contributed by atoms with van der Waals surface area (Å²) in [5, 5.41) is 0. The highest BCUT2D eigenvalue weighted by molar-refractivity contribution is 7.92. The van der Waals surface area contributed by atoms with E-state index in [0.29, 0.717) is 28.8 Å². The van der Waals surface area contributed by atoms with Gasteiger partial charge in [0.15, 0.2) is 5.82 Å². The topological polar surface area (TPSA) is 90.4 Å². The molecule has 0 saturated carbocycles. The predicted molar refractivity (Wildman–Crippen MR) is 103 cm³/mol. The molecule has 1 N–H and O–H groups in total. The molecule has 0 bridgehead atoms. The number of ether oxygens (including phenoxy) is 2. The van der Waals surface area contributed by atoms with Crippen molar-refractivity contribution < 1.29 is 17.9 Å². The van der Waals surface area contributed by atoms with Gasteiger partial charge in [0.2, 0.25) is 11.8 Å². The van der Waals surface area contributed by atoms with Gasteiger partial charge in [-0.25, -0.2) is 8.42 Å². The van der Waals surface area contributed by atoms with Crippen LogP contribution in [0.25, 0.3) is 11.4 Å². The number of aryl methyl sites for hydroxylation is 1. The third-order valence-electron chi connectivity index (χ3n) is 3.82. The monoisotopic (exact) mass is 385 g/mol. The highest BCUT2D eigenvalue weighted by atomic mass is 32.2. The molecule has 8 heteroatoms.